The van der Waals surface area contributed by atoms with Crippen LogP contribution in [0.3, 0.4) is 0 Å². The zero-order chi connectivity index (χ0) is 17.1. The molecule has 2 aromatic rings. The summed E-state index contributed by atoms with van der Waals surface area (Å²) in [4.78, 5) is 22.9. The number of nitrogens with one attached hydrogen (secondary N) is 1. The van der Waals surface area contributed by atoms with E-state index in [-0.39, 0.29) is 11.6 Å². The molecule has 0 saturated carbocycles. The third-order valence-corrected chi connectivity index (χ3v) is 5.06. The number of benzene rings is 1. The number of unbranched alkanes of at least 4 members (excludes halogenated alkanes) is 1. The molecule has 0 spiro atoms. The first-order chi connectivity index (χ1) is 11.6. The highest BCUT2D eigenvalue weighted by Crippen LogP contribution is 2.31. The lowest BCUT2D eigenvalue weighted by Gasteiger charge is -2.35. The Balaban J connectivity index is 2.06. The molecule has 128 valence electrons. The molecular formula is C19H24ClN3O. The van der Waals surface area contributed by atoms with Crippen molar-refractivity contribution in [2.45, 2.75) is 45.6 Å². The number of likely N-dealkylation sites (N-methyl/N-ethyl adjacent to an activating group) is 1. The Morgan fingerprint density at radius 3 is 2.71 bits per heavy atom. The fraction of sp³-hybridized carbons (Fsp3) is 0.474. The van der Waals surface area contributed by atoms with Gasteiger partial charge in [0, 0.05) is 22.7 Å². The molecule has 24 heavy (non-hydrogen) atoms. The van der Waals surface area contributed by atoms with Crippen LogP contribution in [-0.4, -0.2) is 28.0 Å². The largest absolute Gasteiger partial charge is 0.306 e. The summed E-state index contributed by atoms with van der Waals surface area (Å²) in [6.07, 6.45) is 4.12. The molecule has 0 bridgehead atoms. The van der Waals surface area contributed by atoms with Gasteiger partial charge in [0.05, 0.1) is 11.7 Å². The van der Waals surface area contributed by atoms with Crippen molar-refractivity contribution in [3.8, 4) is 11.4 Å². The van der Waals surface area contributed by atoms with E-state index < -0.39 is 0 Å². The van der Waals surface area contributed by atoms with E-state index in [1.807, 2.05) is 24.3 Å². The smallest absolute Gasteiger partial charge is 0.254 e. The zero-order valence-electron chi connectivity index (χ0n) is 14.3. The molecule has 4 nitrogen and oxygen atoms in total. The fourth-order valence-electron chi connectivity index (χ4n) is 3.46. The molecule has 3 rings (SSSR count). The van der Waals surface area contributed by atoms with Gasteiger partial charge in [-0.2, -0.15) is 0 Å². The molecule has 1 unspecified atom stereocenters. The molecule has 1 N–H and O–H groups in total. The van der Waals surface area contributed by atoms with Crippen LogP contribution in [0, 0.1) is 0 Å². The predicted octanol–water partition coefficient (Wildman–Crippen LogP) is 4.20. The first kappa shape index (κ1) is 17.2. The van der Waals surface area contributed by atoms with E-state index in [0.29, 0.717) is 10.8 Å². The topological polar surface area (TPSA) is 49.0 Å². The van der Waals surface area contributed by atoms with E-state index in [1.165, 1.54) is 0 Å². The van der Waals surface area contributed by atoms with E-state index in [9.17, 15) is 4.79 Å². The number of aromatic nitrogens is 2. The van der Waals surface area contributed by atoms with E-state index in [0.717, 1.165) is 55.6 Å². The summed E-state index contributed by atoms with van der Waals surface area (Å²) in [5.74, 6) is 0.634. The Labute approximate surface area is 147 Å². The number of halogens is 1. The number of hydrogen-bond acceptors (Lipinski definition) is 3. The lowest BCUT2D eigenvalue weighted by molar-refractivity contribution is 0.177. The lowest BCUT2D eigenvalue weighted by atomic mass is 9.94. The average molecular weight is 346 g/mol. The first-order valence-corrected chi connectivity index (χ1v) is 9.14. The Morgan fingerprint density at radius 1 is 1.29 bits per heavy atom. The molecule has 1 atom stereocenters. The number of hydrogen-bond donors (Lipinski definition) is 1. The van der Waals surface area contributed by atoms with Crippen LogP contribution in [0.15, 0.2) is 29.1 Å². The summed E-state index contributed by atoms with van der Waals surface area (Å²) in [5.41, 5.74) is 2.72. The molecule has 1 aliphatic heterocycles. The van der Waals surface area contributed by atoms with Crippen molar-refractivity contribution in [2.75, 3.05) is 13.1 Å². The predicted molar refractivity (Wildman–Crippen MR) is 98.5 cm³/mol. The molecule has 1 aromatic carbocycles. The minimum Gasteiger partial charge on any atom is -0.306 e. The molecule has 0 amide bonds. The highest BCUT2D eigenvalue weighted by molar-refractivity contribution is 6.30. The maximum atomic E-state index is 12.6. The third kappa shape index (κ3) is 3.40. The summed E-state index contributed by atoms with van der Waals surface area (Å²) in [6, 6.07) is 7.68. The Morgan fingerprint density at radius 2 is 2.04 bits per heavy atom. The molecule has 5 heteroatoms. The number of fused-ring (bicyclic) bond motifs is 1. The van der Waals surface area contributed by atoms with E-state index in [2.05, 4.69) is 23.7 Å². The monoisotopic (exact) mass is 345 g/mol. The van der Waals surface area contributed by atoms with Crippen LogP contribution in [0.4, 0.5) is 0 Å². The molecule has 1 aromatic heterocycles. The van der Waals surface area contributed by atoms with Gasteiger partial charge in [-0.3, -0.25) is 9.69 Å². The second-order valence-corrected chi connectivity index (χ2v) is 6.76. The normalized spacial score (nSPS) is 17.7. The number of aromatic amines is 1. The van der Waals surface area contributed by atoms with Crippen LogP contribution >= 0.6 is 11.6 Å². The van der Waals surface area contributed by atoms with Crippen LogP contribution in [0.1, 0.15) is 50.4 Å². The van der Waals surface area contributed by atoms with Gasteiger partial charge in [0.2, 0.25) is 0 Å². The summed E-state index contributed by atoms with van der Waals surface area (Å²) in [6.45, 7) is 6.29. The summed E-state index contributed by atoms with van der Waals surface area (Å²) >= 11 is 5.97. The van der Waals surface area contributed by atoms with E-state index >= 15 is 0 Å². The Kier molecular flexibility index (Phi) is 5.36. The third-order valence-electron chi connectivity index (χ3n) is 4.81. The van der Waals surface area contributed by atoms with Crippen molar-refractivity contribution in [2.24, 2.45) is 0 Å². The van der Waals surface area contributed by atoms with Crippen molar-refractivity contribution in [1.82, 2.24) is 14.9 Å². The summed E-state index contributed by atoms with van der Waals surface area (Å²) in [7, 11) is 0. The van der Waals surface area contributed by atoms with E-state index in [1.54, 1.807) is 0 Å². The van der Waals surface area contributed by atoms with Gasteiger partial charge in [-0.05, 0) is 43.7 Å². The zero-order valence-corrected chi connectivity index (χ0v) is 15.1. The van der Waals surface area contributed by atoms with Gasteiger partial charge in [0.25, 0.3) is 5.56 Å². The summed E-state index contributed by atoms with van der Waals surface area (Å²) < 4.78 is 0. The maximum absolute atomic E-state index is 12.6. The van der Waals surface area contributed by atoms with Crippen LogP contribution in [-0.2, 0) is 6.42 Å². The van der Waals surface area contributed by atoms with Gasteiger partial charge in [-0.1, -0.05) is 38.3 Å². The Bertz CT molecular complexity index is 754. The van der Waals surface area contributed by atoms with Crippen LogP contribution in [0.25, 0.3) is 11.4 Å². The van der Waals surface area contributed by atoms with Crippen molar-refractivity contribution in [3.05, 3.63) is 50.9 Å². The summed E-state index contributed by atoms with van der Waals surface area (Å²) in [5, 5.41) is 0.678. The number of nitrogens with zero attached hydrogens (tertiary/aromatic N) is 2. The van der Waals surface area contributed by atoms with Gasteiger partial charge in [0.15, 0.2) is 0 Å². The second-order valence-electron chi connectivity index (χ2n) is 6.32. The molecule has 2 heterocycles. The molecule has 0 fully saturated rings. The molecule has 0 radical (unpaired) electrons. The number of rotatable bonds is 5. The Hall–Kier alpha value is -1.65. The van der Waals surface area contributed by atoms with Crippen molar-refractivity contribution in [1.29, 1.82) is 0 Å². The van der Waals surface area contributed by atoms with Crippen molar-refractivity contribution >= 4 is 11.6 Å². The van der Waals surface area contributed by atoms with E-state index in [4.69, 9.17) is 16.6 Å². The molecule has 0 aliphatic carbocycles. The maximum Gasteiger partial charge on any atom is 0.254 e. The van der Waals surface area contributed by atoms with Crippen molar-refractivity contribution in [3.63, 3.8) is 0 Å². The van der Waals surface area contributed by atoms with Crippen molar-refractivity contribution < 1.29 is 0 Å². The highest BCUT2D eigenvalue weighted by atomic mass is 35.5. The van der Waals surface area contributed by atoms with Crippen LogP contribution in [0.5, 0.6) is 0 Å². The molecule has 0 saturated heterocycles. The van der Waals surface area contributed by atoms with Gasteiger partial charge >= 0.3 is 0 Å². The molecular weight excluding hydrogens is 322 g/mol. The second kappa shape index (κ2) is 7.49. The molecule has 1 aliphatic rings. The van der Waals surface area contributed by atoms with Gasteiger partial charge in [-0.25, -0.2) is 4.98 Å². The highest BCUT2D eigenvalue weighted by Gasteiger charge is 2.29. The van der Waals surface area contributed by atoms with Gasteiger partial charge in [-0.15, -0.1) is 0 Å². The lowest BCUT2D eigenvalue weighted by Crippen LogP contribution is -2.39. The van der Waals surface area contributed by atoms with Gasteiger partial charge < -0.3 is 4.98 Å². The number of H-pyrrole nitrogens is 1. The minimum absolute atomic E-state index is 0.00204. The quantitative estimate of drug-likeness (QED) is 0.883. The minimum atomic E-state index is 0.00204. The fourth-order valence-corrected chi connectivity index (χ4v) is 3.58. The van der Waals surface area contributed by atoms with Crippen LogP contribution in [0.2, 0.25) is 5.02 Å². The standard InChI is InChI=1S/C19H24ClN3O/c1-3-5-6-16-17-15(11-12-23(16)4-2)19(24)22-18(21-17)13-7-9-14(20)10-8-13/h7-10,16H,3-6,11-12H2,1-2H3,(H,21,22,24). The first-order valence-electron chi connectivity index (χ1n) is 8.77. The van der Waals surface area contributed by atoms with Crippen LogP contribution < -0.4 is 5.56 Å². The van der Waals surface area contributed by atoms with Gasteiger partial charge in [0.1, 0.15) is 5.82 Å². The SMILES string of the molecule is CCCCC1c2nc(-c3ccc(Cl)cc3)[nH]c(=O)c2CCN1CC. The average Bonchev–Trinajstić information content (AvgIpc) is 2.60.